The minimum atomic E-state index is -3.25. The summed E-state index contributed by atoms with van der Waals surface area (Å²) >= 11 is 1.97. The lowest BCUT2D eigenvalue weighted by Crippen LogP contribution is -2.39. The number of amides is 1. The van der Waals surface area contributed by atoms with E-state index >= 15 is 4.39 Å². The number of benzene rings is 2. The van der Waals surface area contributed by atoms with Gasteiger partial charge in [-0.1, -0.05) is 6.07 Å². The van der Waals surface area contributed by atoms with Gasteiger partial charge in [-0.15, -0.1) is 0 Å². The van der Waals surface area contributed by atoms with E-state index < -0.39 is 47.9 Å². The van der Waals surface area contributed by atoms with Gasteiger partial charge in [-0.3, -0.25) is 4.79 Å². The zero-order valence-corrected chi connectivity index (χ0v) is 22.5. The standard InChI is InChI=1S/C26H26F4IN5O2/c1-33-11-20(15-6-16(27)9-17(31)7-15)36-25(38)18-4-2-13(8-19(18)28)23-24(32)34-12-21(35-23)14-3-5-22(37)26(29,30)10-14/h2,4,6-9,12,14,20,22,33,37H,3,5,10-11H2,1H3,(H2,32,34)(H,36,38)/t14-,20?,22-/m0/s1. The van der Waals surface area contributed by atoms with Crippen molar-refractivity contribution in [1.82, 2.24) is 20.6 Å². The van der Waals surface area contributed by atoms with Gasteiger partial charge in [-0.2, -0.15) is 0 Å². The summed E-state index contributed by atoms with van der Waals surface area (Å²) in [5.74, 6) is -5.93. The molecule has 7 nitrogen and oxygen atoms in total. The third kappa shape index (κ3) is 6.24. The zero-order valence-electron chi connectivity index (χ0n) is 20.3. The second-order valence-electron chi connectivity index (χ2n) is 9.27. The molecule has 1 amide bonds. The predicted octanol–water partition coefficient (Wildman–Crippen LogP) is 4.56. The number of nitrogen functional groups attached to an aromatic ring is 1. The van der Waals surface area contributed by atoms with E-state index in [9.17, 15) is 23.1 Å². The number of aromatic nitrogens is 2. The highest BCUT2D eigenvalue weighted by Gasteiger charge is 2.45. The van der Waals surface area contributed by atoms with Gasteiger partial charge in [0.05, 0.1) is 23.5 Å². The van der Waals surface area contributed by atoms with Crippen LogP contribution in [-0.2, 0) is 0 Å². The van der Waals surface area contributed by atoms with Crippen LogP contribution in [-0.4, -0.2) is 46.6 Å². The molecule has 3 aromatic rings. The number of anilines is 1. The molecule has 1 aliphatic carbocycles. The fraction of sp³-hybridized carbons (Fsp3) is 0.346. The molecule has 4 rings (SSSR count). The summed E-state index contributed by atoms with van der Waals surface area (Å²) in [7, 11) is 1.68. The van der Waals surface area contributed by atoms with E-state index in [1.54, 1.807) is 13.1 Å². The molecule has 1 fully saturated rings. The normalized spacial score (nSPS) is 19.7. The number of alkyl halides is 2. The van der Waals surface area contributed by atoms with Crippen LogP contribution in [0.3, 0.4) is 0 Å². The summed E-state index contributed by atoms with van der Waals surface area (Å²) in [6, 6.07) is 7.55. The molecule has 1 saturated carbocycles. The molecule has 0 aliphatic heterocycles. The lowest BCUT2D eigenvalue weighted by Gasteiger charge is -2.32. The SMILES string of the molecule is CNCC(NC(=O)c1ccc(-c2nc([C@H]3CC[C@H](O)C(F)(F)C3)cnc2N)cc1F)c1cc(F)cc(I)c1. The molecule has 1 heterocycles. The first-order valence-electron chi connectivity index (χ1n) is 11.9. The fourth-order valence-electron chi connectivity index (χ4n) is 4.53. The van der Waals surface area contributed by atoms with Crippen molar-refractivity contribution in [3.63, 3.8) is 0 Å². The van der Waals surface area contributed by atoms with Crippen LogP contribution in [0.4, 0.5) is 23.4 Å². The first-order chi connectivity index (χ1) is 18.0. The Bertz CT molecular complexity index is 1320. The number of nitrogens with one attached hydrogen (secondary N) is 2. The van der Waals surface area contributed by atoms with Gasteiger partial charge in [-0.05, 0) is 78.4 Å². The Kier molecular flexibility index (Phi) is 8.52. The Balaban J connectivity index is 1.57. The highest BCUT2D eigenvalue weighted by molar-refractivity contribution is 14.1. The number of carbonyl (C=O) groups excluding carboxylic acids is 1. The van der Waals surface area contributed by atoms with E-state index in [1.807, 2.05) is 22.6 Å². The van der Waals surface area contributed by atoms with Crippen molar-refractivity contribution in [3.8, 4) is 11.3 Å². The minimum Gasteiger partial charge on any atom is -0.387 e. The molecule has 3 atom stereocenters. The van der Waals surface area contributed by atoms with Gasteiger partial charge in [0.2, 0.25) is 0 Å². The van der Waals surface area contributed by atoms with Gasteiger partial charge in [-0.25, -0.2) is 27.5 Å². The summed E-state index contributed by atoms with van der Waals surface area (Å²) in [6.07, 6.45) is -0.769. The van der Waals surface area contributed by atoms with Crippen LogP contribution < -0.4 is 16.4 Å². The largest absolute Gasteiger partial charge is 0.387 e. The maximum atomic E-state index is 15.1. The van der Waals surface area contributed by atoms with Gasteiger partial charge in [0.1, 0.15) is 29.3 Å². The molecule has 5 N–H and O–H groups in total. The minimum absolute atomic E-state index is 0.0252. The van der Waals surface area contributed by atoms with Crippen LogP contribution in [0.5, 0.6) is 0 Å². The molecule has 1 aromatic heterocycles. The average molecular weight is 643 g/mol. The Morgan fingerprint density at radius 2 is 2.00 bits per heavy atom. The Labute approximate surface area is 230 Å². The van der Waals surface area contributed by atoms with Crippen LogP contribution in [0.1, 0.15) is 52.8 Å². The quantitative estimate of drug-likeness (QED) is 0.222. The molecule has 12 heteroatoms. The number of rotatable bonds is 7. The number of carbonyl (C=O) groups is 1. The first-order valence-corrected chi connectivity index (χ1v) is 13.0. The van der Waals surface area contributed by atoms with Gasteiger partial charge < -0.3 is 21.5 Å². The topological polar surface area (TPSA) is 113 Å². The molecule has 0 radical (unpaired) electrons. The molecule has 0 spiro atoms. The number of likely N-dealkylation sites (N-methyl/N-ethyl adjacent to an activating group) is 1. The molecule has 2 aromatic carbocycles. The second kappa shape index (κ2) is 11.5. The number of aliphatic hydroxyl groups excluding tert-OH is 1. The molecule has 0 bridgehead atoms. The number of aliphatic hydroxyl groups is 1. The Morgan fingerprint density at radius 3 is 2.66 bits per heavy atom. The second-order valence-corrected chi connectivity index (χ2v) is 10.5. The number of nitrogens with zero attached hydrogens (tertiary/aromatic N) is 2. The third-order valence-electron chi connectivity index (χ3n) is 6.52. The van der Waals surface area contributed by atoms with Crippen molar-refractivity contribution < 1.29 is 27.5 Å². The van der Waals surface area contributed by atoms with E-state index in [0.717, 1.165) is 6.07 Å². The first kappa shape index (κ1) is 28.2. The summed E-state index contributed by atoms with van der Waals surface area (Å²) in [5, 5.41) is 15.2. The van der Waals surface area contributed by atoms with E-state index in [1.165, 1.54) is 30.5 Å². The highest BCUT2D eigenvalue weighted by Crippen LogP contribution is 2.42. The van der Waals surface area contributed by atoms with Crippen LogP contribution in [0, 0.1) is 15.2 Å². The van der Waals surface area contributed by atoms with Gasteiger partial charge in [0, 0.05) is 28.0 Å². The van der Waals surface area contributed by atoms with Gasteiger partial charge >= 0.3 is 0 Å². The summed E-state index contributed by atoms with van der Waals surface area (Å²) < 4.78 is 57.8. The monoisotopic (exact) mass is 643 g/mol. The van der Waals surface area contributed by atoms with Crippen LogP contribution >= 0.6 is 22.6 Å². The molecule has 0 saturated heterocycles. The predicted molar refractivity (Wildman–Crippen MR) is 143 cm³/mol. The van der Waals surface area contributed by atoms with E-state index in [2.05, 4.69) is 20.6 Å². The van der Waals surface area contributed by atoms with Crippen molar-refractivity contribution >= 4 is 34.3 Å². The van der Waals surface area contributed by atoms with Crippen molar-refractivity contribution in [1.29, 1.82) is 0 Å². The van der Waals surface area contributed by atoms with E-state index in [4.69, 9.17) is 5.73 Å². The van der Waals surface area contributed by atoms with Crippen LogP contribution in [0.15, 0.2) is 42.6 Å². The number of nitrogens with two attached hydrogens (primary N) is 1. The van der Waals surface area contributed by atoms with E-state index in [0.29, 0.717) is 15.6 Å². The molecule has 1 aliphatic rings. The fourth-order valence-corrected chi connectivity index (χ4v) is 5.18. The number of hydrogen-bond acceptors (Lipinski definition) is 6. The van der Waals surface area contributed by atoms with Gasteiger partial charge in [0.25, 0.3) is 11.8 Å². The van der Waals surface area contributed by atoms with Crippen molar-refractivity contribution in [2.75, 3.05) is 19.3 Å². The lowest BCUT2D eigenvalue weighted by molar-refractivity contribution is -0.136. The smallest absolute Gasteiger partial charge is 0.274 e. The number of hydrogen-bond donors (Lipinski definition) is 4. The van der Waals surface area contributed by atoms with Gasteiger partial charge in [0.15, 0.2) is 0 Å². The average Bonchev–Trinajstić information content (AvgIpc) is 2.85. The molecule has 1 unspecified atom stereocenters. The molecular formula is C26H26F4IN5O2. The zero-order chi connectivity index (χ0) is 27.6. The van der Waals surface area contributed by atoms with E-state index in [-0.39, 0.29) is 41.3 Å². The van der Waals surface area contributed by atoms with Crippen LogP contribution in [0.25, 0.3) is 11.3 Å². The summed E-state index contributed by atoms with van der Waals surface area (Å²) in [6.45, 7) is 0.279. The molecular weight excluding hydrogens is 617 g/mol. The number of halogens is 5. The summed E-state index contributed by atoms with van der Waals surface area (Å²) in [4.78, 5) is 21.4. The highest BCUT2D eigenvalue weighted by atomic mass is 127. The Morgan fingerprint density at radius 1 is 1.24 bits per heavy atom. The molecule has 38 heavy (non-hydrogen) atoms. The Hall–Kier alpha value is -2.84. The van der Waals surface area contributed by atoms with Crippen molar-refractivity contribution in [2.24, 2.45) is 0 Å². The maximum Gasteiger partial charge on any atom is 0.274 e. The lowest BCUT2D eigenvalue weighted by atomic mass is 9.83. The van der Waals surface area contributed by atoms with Crippen molar-refractivity contribution in [3.05, 3.63) is 74.6 Å². The molecule has 202 valence electrons. The van der Waals surface area contributed by atoms with Crippen molar-refractivity contribution in [2.45, 2.75) is 43.2 Å². The van der Waals surface area contributed by atoms with Crippen LogP contribution in [0.2, 0.25) is 0 Å². The third-order valence-corrected chi connectivity index (χ3v) is 7.14. The maximum absolute atomic E-state index is 15.1. The summed E-state index contributed by atoms with van der Waals surface area (Å²) in [5.41, 5.74) is 6.83.